The average Bonchev–Trinajstić information content (AvgIpc) is 2.81. The Morgan fingerprint density at radius 3 is 2.71 bits per heavy atom. The molecule has 0 unspecified atom stereocenters. The average molecular weight is 317 g/mol. The molecule has 1 heterocycles. The van der Waals surface area contributed by atoms with Gasteiger partial charge in [-0.05, 0) is 19.3 Å². The number of nitrogens with one attached hydrogen (secondary N) is 1. The fourth-order valence-corrected chi connectivity index (χ4v) is 1.91. The van der Waals surface area contributed by atoms with Gasteiger partial charge in [0, 0.05) is 6.54 Å². The highest BCUT2D eigenvalue weighted by Gasteiger charge is 2.21. The molecule has 1 aromatic heterocycles. The molecule has 1 aromatic rings. The van der Waals surface area contributed by atoms with Gasteiger partial charge in [0.2, 0.25) is 5.91 Å². The van der Waals surface area contributed by atoms with E-state index in [4.69, 9.17) is 16.3 Å². The van der Waals surface area contributed by atoms with Crippen molar-refractivity contribution in [3.05, 3.63) is 11.4 Å². The minimum Gasteiger partial charge on any atom is -0.461 e. The molecule has 1 N–H and O–H groups in total. The van der Waals surface area contributed by atoms with Gasteiger partial charge in [-0.25, -0.2) is 9.48 Å². The summed E-state index contributed by atoms with van der Waals surface area (Å²) in [6.45, 7) is 6.69. The van der Waals surface area contributed by atoms with Crippen LogP contribution in [-0.2, 0) is 22.0 Å². The predicted molar refractivity (Wildman–Crippen MR) is 78.0 cm³/mol. The normalized spacial score (nSPS) is 10.7. The number of hydrogen-bond acceptors (Lipinski definition) is 5. The number of esters is 1. The summed E-state index contributed by atoms with van der Waals surface area (Å²) in [6, 6.07) is 0. The van der Waals surface area contributed by atoms with Crippen LogP contribution in [0.3, 0.4) is 0 Å². The van der Waals surface area contributed by atoms with E-state index in [9.17, 15) is 9.59 Å². The zero-order valence-corrected chi connectivity index (χ0v) is 13.3. The third-order valence-corrected chi connectivity index (χ3v) is 3.02. The van der Waals surface area contributed by atoms with Crippen molar-refractivity contribution in [3.8, 4) is 0 Å². The summed E-state index contributed by atoms with van der Waals surface area (Å²) >= 11 is 5.81. The minimum absolute atomic E-state index is 0.0213. The lowest BCUT2D eigenvalue weighted by atomic mass is 10.1. The summed E-state index contributed by atoms with van der Waals surface area (Å²) in [7, 11) is 0. The molecular formula is C13H21ClN4O3. The van der Waals surface area contributed by atoms with Crippen molar-refractivity contribution in [3.63, 3.8) is 0 Å². The molecule has 0 fully saturated rings. The Labute approximate surface area is 129 Å². The van der Waals surface area contributed by atoms with Crippen LogP contribution in [0.5, 0.6) is 0 Å². The molecule has 0 aliphatic rings. The molecule has 0 aromatic carbocycles. The highest BCUT2D eigenvalue weighted by atomic mass is 35.5. The van der Waals surface area contributed by atoms with Crippen molar-refractivity contribution >= 4 is 23.5 Å². The van der Waals surface area contributed by atoms with Crippen LogP contribution in [0.2, 0.25) is 0 Å². The molecule has 0 aliphatic carbocycles. The van der Waals surface area contributed by atoms with E-state index in [1.807, 2.05) is 0 Å². The first-order chi connectivity index (χ1) is 9.99. The Kier molecular flexibility index (Phi) is 7.14. The Balaban J connectivity index is 2.67. The second-order valence-electron chi connectivity index (χ2n) is 4.93. The van der Waals surface area contributed by atoms with Crippen LogP contribution in [0.25, 0.3) is 0 Å². The van der Waals surface area contributed by atoms with Gasteiger partial charge in [0.25, 0.3) is 0 Å². The second-order valence-corrected chi connectivity index (χ2v) is 5.20. The zero-order chi connectivity index (χ0) is 15.8. The van der Waals surface area contributed by atoms with Crippen LogP contribution >= 0.6 is 11.6 Å². The lowest BCUT2D eigenvalue weighted by Gasteiger charge is -2.08. The summed E-state index contributed by atoms with van der Waals surface area (Å²) in [6.07, 6.45) is 0.902. The molecule has 0 bridgehead atoms. The number of ether oxygens (including phenoxy) is 1. The maximum atomic E-state index is 11.8. The minimum atomic E-state index is -0.584. The van der Waals surface area contributed by atoms with E-state index in [2.05, 4.69) is 29.5 Å². The standard InChI is InChI=1S/C13H21ClN4O3/c1-4-21-13(20)12-10(7-14)18(17-16-12)8-11(19)15-6-5-9(2)3/h9H,4-8H2,1-3H3,(H,15,19). The lowest BCUT2D eigenvalue weighted by molar-refractivity contribution is -0.121. The van der Waals surface area contributed by atoms with Gasteiger partial charge in [-0.1, -0.05) is 19.1 Å². The highest BCUT2D eigenvalue weighted by molar-refractivity contribution is 6.17. The maximum absolute atomic E-state index is 11.8. The zero-order valence-electron chi connectivity index (χ0n) is 12.6. The van der Waals surface area contributed by atoms with Crippen molar-refractivity contribution in [2.75, 3.05) is 13.2 Å². The Morgan fingerprint density at radius 2 is 2.14 bits per heavy atom. The molecule has 0 saturated carbocycles. The quantitative estimate of drug-likeness (QED) is 0.578. The van der Waals surface area contributed by atoms with E-state index in [0.717, 1.165) is 6.42 Å². The highest BCUT2D eigenvalue weighted by Crippen LogP contribution is 2.10. The Morgan fingerprint density at radius 1 is 1.43 bits per heavy atom. The monoisotopic (exact) mass is 316 g/mol. The van der Waals surface area contributed by atoms with Crippen molar-refractivity contribution in [1.82, 2.24) is 20.3 Å². The van der Waals surface area contributed by atoms with Crippen LogP contribution in [-0.4, -0.2) is 40.0 Å². The maximum Gasteiger partial charge on any atom is 0.360 e. The van der Waals surface area contributed by atoms with E-state index in [-0.39, 0.29) is 30.6 Å². The van der Waals surface area contributed by atoms with E-state index >= 15 is 0 Å². The van der Waals surface area contributed by atoms with E-state index in [1.54, 1.807) is 6.92 Å². The number of nitrogens with zero attached hydrogens (tertiary/aromatic N) is 3. The fourth-order valence-electron chi connectivity index (χ4n) is 1.64. The molecule has 0 radical (unpaired) electrons. The molecule has 1 rings (SSSR count). The van der Waals surface area contributed by atoms with Gasteiger partial charge in [0.15, 0.2) is 5.69 Å². The van der Waals surface area contributed by atoms with E-state index in [0.29, 0.717) is 18.2 Å². The van der Waals surface area contributed by atoms with Crippen molar-refractivity contribution in [2.24, 2.45) is 5.92 Å². The number of alkyl halides is 1. The first-order valence-electron chi connectivity index (χ1n) is 6.91. The first kappa shape index (κ1) is 17.4. The Hall–Kier alpha value is -1.63. The van der Waals surface area contributed by atoms with Crippen LogP contribution < -0.4 is 5.32 Å². The lowest BCUT2D eigenvalue weighted by Crippen LogP contribution is -2.30. The number of rotatable bonds is 8. The largest absolute Gasteiger partial charge is 0.461 e. The third-order valence-electron chi connectivity index (χ3n) is 2.77. The molecule has 0 atom stereocenters. The SMILES string of the molecule is CCOC(=O)c1nnn(CC(=O)NCCC(C)C)c1CCl. The van der Waals surface area contributed by atoms with Gasteiger partial charge in [0.05, 0.1) is 18.2 Å². The molecule has 1 amide bonds. The van der Waals surface area contributed by atoms with Crippen LogP contribution in [0.4, 0.5) is 0 Å². The van der Waals surface area contributed by atoms with Gasteiger partial charge in [-0.3, -0.25) is 4.79 Å². The fraction of sp³-hybridized carbons (Fsp3) is 0.692. The molecule has 7 nitrogen and oxygen atoms in total. The van der Waals surface area contributed by atoms with Crippen LogP contribution in [0.15, 0.2) is 0 Å². The number of carbonyl (C=O) groups is 2. The van der Waals surface area contributed by atoms with Crippen LogP contribution in [0, 0.1) is 5.92 Å². The molecule has 0 saturated heterocycles. The second kappa shape index (κ2) is 8.61. The summed E-state index contributed by atoms with van der Waals surface area (Å²) in [5.41, 5.74) is 0.441. The number of halogens is 1. The van der Waals surface area contributed by atoms with Gasteiger partial charge in [-0.2, -0.15) is 0 Å². The van der Waals surface area contributed by atoms with Gasteiger partial charge < -0.3 is 10.1 Å². The molecule has 0 aliphatic heterocycles. The Bertz CT molecular complexity index is 488. The topological polar surface area (TPSA) is 86.1 Å². The van der Waals surface area contributed by atoms with Gasteiger partial charge >= 0.3 is 5.97 Å². The molecule has 8 heteroatoms. The number of carbonyl (C=O) groups excluding carboxylic acids is 2. The summed E-state index contributed by atoms with van der Waals surface area (Å²) < 4.78 is 6.19. The number of amides is 1. The summed E-state index contributed by atoms with van der Waals surface area (Å²) in [5.74, 6) is -0.229. The van der Waals surface area contributed by atoms with Crippen molar-refractivity contribution in [1.29, 1.82) is 0 Å². The molecule has 0 spiro atoms. The van der Waals surface area contributed by atoms with E-state index < -0.39 is 5.97 Å². The number of hydrogen-bond donors (Lipinski definition) is 1. The smallest absolute Gasteiger partial charge is 0.360 e. The molecule has 21 heavy (non-hydrogen) atoms. The van der Waals surface area contributed by atoms with Crippen molar-refractivity contribution in [2.45, 2.75) is 39.6 Å². The molecule has 118 valence electrons. The first-order valence-corrected chi connectivity index (χ1v) is 7.45. The van der Waals surface area contributed by atoms with Gasteiger partial charge in [-0.15, -0.1) is 16.7 Å². The number of aromatic nitrogens is 3. The van der Waals surface area contributed by atoms with Gasteiger partial charge in [0.1, 0.15) is 6.54 Å². The van der Waals surface area contributed by atoms with Crippen LogP contribution in [0.1, 0.15) is 43.4 Å². The molecular weight excluding hydrogens is 296 g/mol. The van der Waals surface area contributed by atoms with E-state index in [1.165, 1.54) is 4.68 Å². The van der Waals surface area contributed by atoms with Crippen molar-refractivity contribution < 1.29 is 14.3 Å². The summed E-state index contributed by atoms with van der Waals surface area (Å²) in [5, 5.41) is 10.3. The summed E-state index contributed by atoms with van der Waals surface area (Å²) in [4.78, 5) is 23.5. The third kappa shape index (κ3) is 5.34. The predicted octanol–water partition coefficient (Wildman–Crippen LogP) is 1.36.